The number of hydrogen-bond donors (Lipinski definition) is 1. The van der Waals surface area contributed by atoms with Crippen molar-refractivity contribution in [2.24, 2.45) is 0 Å². The van der Waals surface area contributed by atoms with Crippen molar-refractivity contribution in [3.63, 3.8) is 0 Å². The maximum atomic E-state index is 12.5. The normalized spacial score (nSPS) is 15.6. The van der Waals surface area contributed by atoms with Crippen LogP contribution in [-0.2, 0) is 9.59 Å². The summed E-state index contributed by atoms with van der Waals surface area (Å²) in [7, 11) is 0. The van der Waals surface area contributed by atoms with Gasteiger partial charge >= 0.3 is 5.97 Å². The summed E-state index contributed by atoms with van der Waals surface area (Å²) in [6.07, 6.45) is 3.43. The van der Waals surface area contributed by atoms with Crippen LogP contribution in [0.5, 0.6) is 0 Å². The summed E-state index contributed by atoms with van der Waals surface area (Å²) < 4.78 is 44.3. The van der Waals surface area contributed by atoms with E-state index in [2.05, 4.69) is 4.98 Å². The number of rotatable bonds is 11. The van der Waals surface area contributed by atoms with Crippen LogP contribution in [-0.4, -0.2) is 52.3 Å². The lowest BCUT2D eigenvalue weighted by Crippen LogP contribution is -2.21. The van der Waals surface area contributed by atoms with Gasteiger partial charge in [-0.05, 0) is 41.5 Å². The minimum Gasteiger partial charge on any atom is -0.481 e. The number of carboxylic acids is 1. The Kier molecular flexibility index (Phi) is 7.10. The predicted octanol–water partition coefficient (Wildman–Crippen LogP) is 6.48. The summed E-state index contributed by atoms with van der Waals surface area (Å²) >= 11 is 8.80. The molecule has 178 valence electrons. The molecule has 34 heavy (non-hydrogen) atoms. The first-order chi connectivity index (χ1) is 18.7. The largest absolute Gasteiger partial charge is 0.481 e. The van der Waals surface area contributed by atoms with Gasteiger partial charge in [0, 0.05) is 50.5 Å². The lowest BCUT2D eigenvalue weighted by molar-refractivity contribution is -0.136. The minimum absolute atomic E-state index is 0.0344. The molecule has 3 aromatic rings. The van der Waals surface area contributed by atoms with Gasteiger partial charge in [-0.3, -0.25) is 9.59 Å². The lowest BCUT2D eigenvalue weighted by atomic mass is 10.1. The Labute approximate surface area is 222 Å². The number of pyridine rings is 1. The molecule has 5 nitrogen and oxygen atoms in total. The SMILES string of the molecule is [2H]C([2H])([2H])N(C(=O)CCS[C@@H](SCCC(=O)O)c1cccc(/C=C/c2ccc3ccc(Cl)cc3n2)c1)C([2H])([2H])[2H]. The zero-order chi connectivity index (χ0) is 29.5. The molecular formula is C26H27ClN2O3S2. The van der Waals surface area contributed by atoms with E-state index in [1.807, 2.05) is 60.7 Å². The van der Waals surface area contributed by atoms with E-state index in [-0.39, 0.29) is 28.1 Å². The average Bonchev–Trinajstić information content (AvgIpc) is 2.84. The number of aromatic nitrogens is 1. The van der Waals surface area contributed by atoms with Gasteiger partial charge in [0.05, 0.1) is 22.2 Å². The molecule has 0 aliphatic heterocycles. The highest BCUT2D eigenvalue weighted by Gasteiger charge is 2.15. The van der Waals surface area contributed by atoms with Gasteiger partial charge < -0.3 is 10.0 Å². The molecule has 0 saturated heterocycles. The van der Waals surface area contributed by atoms with E-state index in [0.717, 1.165) is 27.7 Å². The Morgan fingerprint density at radius 3 is 2.62 bits per heavy atom. The van der Waals surface area contributed by atoms with Crippen molar-refractivity contribution in [3.05, 3.63) is 76.4 Å². The van der Waals surface area contributed by atoms with Crippen molar-refractivity contribution in [2.45, 2.75) is 17.4 Å². The van der Waals surface area contributed by atoms with E-state index in [0.29, 0.717) is 10.8 Å². The van der Waals surface area contributed by atoms with E-state index in [1.54, 1.807) is 6.07 Å². The van der Waals surface area contributed by atoms with Gasteiger partial charge in [0.1, 0.15) is 0 Å². The molecule has 0 unspecified atom stereocenters. The number of amides is 1. The Morgan fingerprint density at radius 1 is 1.09 bits per heavy atom. The maximum Gasteiger partial charge on any atom is 0.304 e. The van der Waals surface area contributed by atoms with Gasteiger partial charge in [-0.15, -0.1) is 23.5 Å². The first-order valence-electron chi connectivity index (χ1n) is 13.4. The summed E-state index contributed by atoms with van der Waals surface area (Å²) in [5.41, 5.74) is 3.27. The van der Waals surface area contributed by atoms with Gasteiger partial charge in [-0.25, -0.2) is 4.98 Å². The highest BCUT2D eigenvalue weighted by Crippen LogP contribution is 2.40. The summed E-state index contributed by atoms with van der Waals surface area (Å²) in [4.78, 5) is 28.2. The first kappa shape index (κ1) is 18.8. The molecule has 0 radical (unpaired) electrons. The highest BCUT2D eigenvalue weighted by atomic mass is 35.5. The summed E-state index contributed by atoms with van der Waals surface area (Å²) in [5, 5.41) is 10.6. The first-order valence-corrected chi connectivity index (χ1v) is 12.8. The molecule has 1 aromatic heterocycles. The third-order valence-corrected chi connectivity index (χ3v) is 7.81. The van der Waals surface area contributed by atoms with Crippen molar-refractivity contribution in [2.75, 3.05) is 25.5 Å². The van der Waals surface area contributed by atoms with Gasteiger partial charge in [-0.1, -0.05) is 48.0 Å². The van der Waals surface area contributed by atoms with Crippen molar-refractivity contribution in [3.8, 4) is 0 Å². The molecule has 1 heterocycles. The van der Waals surface area contributed by atoms with Gasteiger partial charge in [0.2, 0.25) is 5.91 Å². The van der Waals surface area contributed by atoms with Gasteiger partial charge in [-0.2, -0.15) is 0 Å². The molecule has 1 N–H and O–H groups in total. The number of fused-ring (bicyclic) bond motifs is 1. The van der Waals surface area contributed by atoms with Crippen LogP contribution < -0.4 is 0 Å². The number of nitrogens with zero attached hydrogens (tertiary/aromatic N) is 2. The third kappa shape index (κ3) is 8.08. The Balaban J connectivity index is 1.75. The molecule has 0 spiro atoms. The van der Waals surface area contributed by atoms with Crippen molar-refractivity contribution >= 4 is 70.1 Å². The second-order valence-electron chi connectivity index (χ2n) is 7.27. The fourth-order valence-electron chi connectivity index (χ4n) is 3.05. The van der Waals surface area contributed by atoms with E-state index >= 15 is 0 Å². The number of carbonyl (C=O) groups is 2. The Hall–Kier alpha value is -2.48. The van der Waals surface area contributed by atoms with Crippen molar-refractivity contribution in [1.29, 1.82) is 0 Å². The number of thioether (sulfide) groups is 2. The number of halogens is 1. The number of aliphatic carboxylic acids is 1. The molecule has 0 saturated carbocycles. The van der Waals surface area contributed by atoms with Crippen LogP contribution >= 0.6 is 35.1 Å². The molecule has 0 aliphatic carbocycles. The van der Waals surface area contributed by atoms with Crippen LogP contribution in [0.4, 0.5) is 0 Å². The van der Waals surface area contributed by atoms with E-state index in [9.17, 15) is 9.59 Å². The maximum absolute atomic E-state index is 12.5. The van der Waals surface area contributed by atoms with Crippen LogP contribution in [0.25, 0.3) is 23.1 Å². The molecular weight excluding hydrogens is 488 g/mol. The molecule has 1 atom stereocenters. The monoisotopic (exact) mass is 520 g/mol. The van der Waals surface area contributed by atoms with Gasteiger partial charge in [0.15, 0.2) is 0 Å². The molecule has 0 fully saturated rings. The van der Waals surface area contributed by atoms with E-state index in [1.165, 1.54) is 23.5 Å². The zero-order valence-corrected chi connectivity index (χ0v) is 20.5. The van der Waals surface area contributed by atoms with Crippen LogP contribution in [0, 0.1) is 0 Å². The fraction of sp³-hybridized carbons (Fsp3) is 0.269. The van der Waals surface area contributed by atoms with Crippen LogP contribution in [0.3, 0.4) is 0 Å². The summed E-state index contributed by atoms with van der Waals surface area (Å²) in [5.74, 6) is -1.46. The Morgan fingerprint density at radius 2 is 1.85 bits per heavy atom. The molecule has 3 rings (SSSR count). The minimum atomic E-state index is -3.09. The number of carbonyl (C=O) groups excluding carboxylic acids is 1. The zero-order valence-electron chi connectivity index (χ0n) is 24.1. The summed E-state index contributed by atoms with van der Waals surface area (Å²) in [6, 6.07) is 17.0. The fourth-order valence-corrected chi connectivity index (χ4v) is 5.87. The number of carboxylic acid groups (broad SMARTS) is 1. The smallest absolute Gasteiger partial charge is 0.304 e. The molecule has 2 aromatic carbocycles. The van der Waals surface area contributed by atoms with Crippen molar-refractivity contribution < 1.29 is 22.9 Å². The second kappa shape index (κ2) is 12.8. The van der Waals surface area contributed by atoms with Crippen LogP contribution in [0.2, 0.25) is 5.02 Å². The standard InChI is InChI=1S/C26H27ClN2O3S2/c1-29(2)24(30)12-14-33-26(34-15-13-25(31)32)20-5-3-4-18(16-20)6-10-22-11-8-19-7-9-21(27)17-23(19)28-22/h3-11,16-17,26H,12-15H2,1-2H3,(H,31,32)/b10-6+/t26-/m0/s1/i1D3,2D3. The topological polar surface area (TPSA) is 70.5 Å². The molecule has 0 bridgehead atoms. The average molecular weight is 521 g/mol. The summed E-state index contributed by atoms with van der Waals surface area (Å²) in [6.45, 7) is -6.18. The Bertz CT molecular complexity index is 1370. The number of hydrogen-bond acceptors (Lipinski definition) is 5. The quantitative estimate of drug-likeness (QED) is 0.292. The van der Waals surface area contributed by atoms with E-state index in [4.69, 9.17) is 24.9 Å². The lowest BCUT2D eigenvalue weighted by Gasteiger charge is -2.18. The van der Waals surface area contributed by atoms with Gasteiger partial charge in [0.25, 0.3) is 0 Å². The van der Waals surface area contributed by atoms with Crippen LogP contribution in [0.1, 0.15) is 42.5 Å². The highest BCUT2D eigenvalue weighted by molar-refractivity contribution is 8.16. The molecule has 8 heteroatoms. The van der Waals surface area contributed by atoms with Crippen LogP contribution in [0.15, 0.2) is 54.6 Å². The predicted molar refractivity (Wildman–Crippen MR) is 145 cm³/mol. The van der Waals surface area contributed by atoms with Crippen molar-refractivity contribution in [1.82, 2.24) is 9.88 Å². The number of benzene rings is 2. The molecule has 0 aliphatic rings. The third-order valence-electron chi connectivity index (χ3n) is 4.72. The van der Waals surface area contributed by atoms with E-state index < -0.39 is 25.8 Å². The molecule has 1 amide bonds. The second-order valence-corrected chi connectivity index (χ2v) is 10.4.